The van der Waals surface area contributed by atoms with Gasteiger partial charge in [0.25, 0.3) is 5.69 Å². The number of rotatable bonds is 4. The highest BCUT2D eigenvalue weighted by Crippen LogP contribution is 2.45. The number of hydrogen-bond acceptors (Lipinski definition) is 5. The number of ether oxygens (including phenoxy) is 1. The lowest BCUT2D eigenvalue weighted by atomic mass is 9.81. The molecule has 0 spiro atoms. The summed E-state index contributed by atoms with van der Waals surface area (Å²) in [7, 11) is 0. The van der Waals surface area contributed by atoms with E-state index in [1.54, 1.807) is 6.92 Å². The Bertz CT molecular complexity index is 1110. The molecule has 7 heteroatoms. The lowest BCUT2D eigenvalue weighted by Crippen LogP contribution is -2.24. The van der Waals surface area contributed by atoms with Gasteiger partial charge < -0.3 is 15.2 Å². The van der Waals surface area contributed by atoms with Crippen molar-refractivity contribution in [1.29, 1.82) is 0 Å². The summed E-state index contributed by atoms with van der Waals surface area (Å²) in [6, 6.07) is 14.3. The smallest absolute Gasteiger partial charge is 0.265 e. The Hall–Kier alpha value is -3.61. The molecule has 7 nitrogen and oxygen atoms in total. The van der Waals surface area contributed by atoms with Gasteiger partial charge in [-0.15, -0.1) is 0 Å². The molecule has 0 saturated heterocycles. The number of benzene rings is 3. The fourth-order valence-electron chi connectivity index (χ4n) is 3.76. The normalized spacial score (nSPS) is 15.8. The van der Waals surface area contributed by atoms with E-state index >= 15 is 0 Å². The largest absolute Gasteiger partial charge is 0.865 e. The van der Waals surface area contributed by atoms with E-state index in [0.717, 1.165) is 16.3 Å². The van der Waals surface area contributed by atoms with Crippen LogP contribution in [0.5, 0.6) is 11.5 Å². The summed E-state index contributed by atoms with van der Waals surface area (Å²) in [5.74, 6) is -1.43. The van der Waals surface area contributed by atoms with E-state index in [-0.39, 0.29) is 24.7 Å². The molecule has 0 saturated carbocycles. The number of carbonyl (C=O) groups is 1. The molecular formula is C21H17N2O5-. The highest BCUT2D eigenvalue weighted by Gasteiger charge is 2.30. The molecule has 4 rings (SSSR count). The summed E-state index contributed by atoms with van der Waals surface area (Å²) < 4.78 is 5.34. The van der Waals surface area contributed by atoms with Crippen LogP contribution in [0.1, 0.15) is 30.4 Å². The SMILES string of the molecule is CCOc1cc([C@H]2CC(=O)Nc3ccc4ccccc4c32)cc([N+](=O)[O-])c1[O-]. The summed E-state index contributed by atoms with van der Waals surface area (Å²) in [4.78, 5) is 23.0. The zero-order chi connectivity index (χ0) is 19.8. The molecule has 0 unspecified atom stereocenters. The molecule has 28 heavy (non-hydrogen) atoms. The zero-order valence-corrected chi connectivity index (χ0v) is 15.1. The molecule has 1 aliphatic rings. The Balaban J connectivity index is 1.97. The number of hydrogen-bond donors (Lipinski definition) is 1. The van der Waals surface area contributed by atoms with Crippen molar-refractivity contribution < 1.29 is 19.6 Å². The van der Waals surface area contributed by atoms with E-state index in [4.69, 9.17) is 4.74 Å². The Morgan fingerprint density at radius 3 is 2.75 bits per heavy atom. The molecule has 0 radical (unpaired) electrons. The topological polar surface area (TPSA) is 105 Å². The van der Waals surface area contributed by atoms with Crippen LogP contribution in [0.4, 0.5) is 11.4 Å². The molecule has 1 heterocycles. The minimum absolute atomic E-state index is 0.0699. The van der Waals surface area contributed by atoms with Gasteiger partial charge in [0.05, 0.1) is 11.5 Å². The Morgan fingerprint density at radius 1 is 1.21 bits per heavy atom. The Labute approximate surface area is 160 Å². The average molecular weight is 377 g/mol. The third kappa shape index (κ3) is 2.90. The highest BCUT2D eigenvalue weighted by molar-refractivity contribution is 6.01. The maximum Gasteiger partial charge on any atom is 0.265 e. The van der Waals surface area contributed by atoms with Crippen molar-refractivity contribution in [3.05, 3.63) is 69.8 Å². The van der Waals surface area contributed by atoms with Crippen LogP contribution >= 0.6 is 0 Å². The van der Waals surface area contributed by atoms with Crippen molar-refractivity contribution in [2.24, 2.45) is 0 Å². The number of nitro benzene ring substituents is 1. The lowest BCUT2D eigenvalue weighted by molar-refractivity contribution is -0.398. The fraction of sp³-hybridized carbons (Fsp3) is 0.190. The summed E-state index contributed by atoms with van der Waals surface area (Å²) >= 11 is 0. The number of anilines is 1. The molecular weight excluding hydrogens is 360 g/mol. The predicted octanol–water partition coefficient (Wildman–Crippen LogP) is 3.69. The van der Waals surface area contributed by atoms with Crippen molar-refractivity contribution in [2.45, 2.75) is 19.3 Å². The minimum Gasteiger partial charge on any atom is -0.865 e. The molecule has 0 bridgehead atoms. The van der Waals surface area contributed by atoms with E-state index in [9.17, 15) is 20.0 Å². The van der Waals surface area contributed by atoms with E-state index in [2.05, 4.69) is 5.32 Å². The van der Waals surface area contributed by atoms with E-state index in [0.29, 0.717) is 11.3 Å². The van der Waals surface area contributed by atoms with Gasteiger partial charge in [-0.25, -0.2) is 0 Å². The quantitative estimate of drug-likeness (QED) is 0.551. The van der Waals surface area contributed by atoms with Gasteiger partial charge in [-0.1, -0.05) is 30.3 Å². The average Bonchev–Trinajstić information content (AvgIpc) is 2.68. The van der Waals surface area contributed by atoms with E-state index < -0.39 is 22.3 Å². The summed E-state index contributed by atoms with van der Waals surface area (Å²) in [6.45, 7) is 1.91. The Kier molecular flexibility index (Phi) is 4.35. The van der Waals surface area contributed by atoms with Gasteiger partial charge in [0.1, 0.15) is 5.75 Å². The standard InChI is InChI=1S/C21H18N2O5/c1-2-28-18-10-13(9-17(21(18)25)23(26)27)15-11-19(24)22-16-8-7-12-5-3-4-6-14(12)20(15)16/h3-10,15,25H,2,11H2,1H3,(H,22,24)/p-1/t15-/m1/s1. The summed E-state index contributed by atoms with van der Waals surface area (Å²) in [5.41, 5.74) is 1.52. The number of nitrogens with one attached hydrogen (secondary N) is 1. The number of nitrogens with zero attached hydrogens (tertiary/aromatic N) is 1. The third-order valence-electron chi connectivity index (χ3n) is 4.94. The molecule has 0 fully saturated rings. The predicted molar refractivity (Wildman–Crippen MR) is 103 cm³/mol. The molecule has 142 valence electrons. The van der Waals surface area contributed by atoms with Crippen molar-refractivity contribution in [3.8, 4) is 11.5 Å². The van der Waals surface area contributed by atoms with Crippen LogP contribution in [-0.4, -0.2) is 17.4 Å². The molecule has 0 aromatic heterocycles. The van der Waals surface area contributed by atoms with Crippen LogP contribution in [0.25, 0.3) is 10.8 Å². The van der Waals surface area contributed by atoms with Crippen molar-refractivity contribution in [1.82, 2.24) is 0 Å². The second-order valence-corrected chi connectivity index (χ2v) is 6.61. The van der Waals surface area contributed by atoms with Crippen LogP contribution in [0.3, 0.4) is 0 Å². The van der Waals surface area contributed by atoms with Gasteiger partial charge in [0, 0.05) is 29.8 Å². The first kappa shape index (κ1) is 17.8. The minimum atomic E-state index is -0.756. The molecule has 1 N–H and O–H groups in total. The third-order valence-corrected chi connectivity index (χ3v) is 4.94. The molecule has 3 aromatic rings. The van der Waals surface area contributed by atoms with Gasteiger partial charge >= 0.3 is 0 Å². The second-order valence-electron chi connectivity index (χ2n) is 6.61. The fourth-order valence-corrected chi connectivity index (χ4v) is 3.76. The Morgan fingerprint density at radius 2 is 2.00 bits per heavy atom. The van der Waals surface area contributed by atoms with Crippen molar-refractivity contribution >= 4 is 28.1 Å². The van der Waals surface area contributed by atoms with Crippen LogP contribution in [0.15, 0.2) is 48.5 Å². The van der Waals surface area contributed by atoms with E-state index in [1.807, 2.05) is 36.4 Å². The first-order valence-corrected chi connectivity index (χ1v) is 8.93. The van der Waals surface area contributed by atoms with Crippen LogP contribution in [-0.2, 0) is 4.79 Å². The summed E-state index contributed by atoms with van der Waals surface area (Å²) in [6.07, 6.45) is 0.127. The van der Waals surface area contributed by atoms with Gasteiger partial charge in [0.2, 0.25) is 5.91 Å². The van der Waals surface area contributed by atoms with Crippen LogP contribution < -0.4 is 15.2 Å². The van der Waals surface area contributed by atoms with Crippen molar-refractivity contribution in [2.75, 3.05) is 11.9 Å². The first-order valence-electron chi connectivity index (χ1n) is 8.93. The highest BCUT2D eigenvalue weighted by atomic mass is 16.6. The van der Waals surface area contributed by atoms with Gasteiger partial charge in [-0.05, 0) is 41.0 Å². The lowest BCUT2D eigenvalue weighted by Gasteiger charge is -2.28. The molecule has 1 atom stereocenters. The van der Waals surface area contributed by atoms with E-state index in [1.165, 1.54) is 12.1 Å². The molecule has 3 aromatic carbocycles. The van der Waals surface area contributed by atoms with Gasteiger partial charge in [-0.3, -0.25) is 14.9 Å². The van der Waals surface area contributed by atoms with Gasteiger partial charge in [-0.2, -0.15) is 0 Å². The molecule has 1 amide bonds. The second kappa shape index (κ2) is 6.84. The van der Waals surface area contributed by atoms with Crippen LogP contribution in [0, 0.1) is 10.1 Å². The number of amides is 1. The number of carbonyl (C=O) groups excluding carboxylic acids is 1. The maximum atomic E-state index is 12.3. The number of fused-ring (bicyclic) bond motifs is 3. The zero-order valence-electron chi connectivity index (χ0n) is 15.1. The molecule has 1 aliphatic heterocycles. The van der Waals surface area contributed by atoms with Crippen molar-refractivity contribution in [3.63, 3.8) is 0 Å². The van der Waals surface area contributed by atoms with Gasteiger partial charge in [0.15, 0.2) is 0 Å². The van der Waals surface area contributed by atoms with Crippen LogP contribution in [0.2, 0.25) is 0 Å². The maximum absolute atomic E-state index is 12.3. The first-order chi connectivity index (χ1) is 13.5. The molecule has 0 aliphatic carbocycles. The summed E-state index contributed by atoms with van der Waals surface area (Å²) in [5, 5.41) is 28.5. The number of nitro groups is 1. The monoisotopic (exact) mass is 377 g/mol.